The molecule has 0 unspecified atom stereocenters. The number of halogens is 1. The summed E-state index contributed by atoms with van der Waals surface area (Å²) in [6.07, 6.45) is 1.51. The van der Waals surface area contributed by atoms with Crippen LogP contribution in [0.3, 0.4) is 0 Å². The third-order valence-corrected chi connectivity index (χ3v) is 4.82. The maximum Gasteiger partial charge on any atom is 0.307 e. The van der Waals surface area contributed by atoms with Gasteiger partial charge in [0.2, 0.25) is 5.91 Å². The number of amides is 2. The molecular weight excluding hydrogens is 383 g/mol. The van der Waals surface area contributed by atoms with Gasteiger partial charge in [-0.1, -0.05) is 17.4 Å². The van der Waals surface area contributed by atoms with Gasteiger partial charge in [0.1, 0.15) is 11.5 Å². The highest BCUT2D eigenvalue weighted by Gasteiger charge is 2.13. The van der Waals surface area contributed by atoms with E-state index in [1.165, 1.54) is 29.0 Å². The highest BCUT2D eigenvalue weighted by Crippen LogP contribution is 2.23. The van der Waals surface area contributed by atoms with Crippen LogP contribution in [0, 0.1) is 12.7 Å². The maximum atomic E-state index is 13.7. The van der Waals surface area contributed by atoms with E-state index >= 15 is 0 Å². The van der Waals surface area contributed by atoms with Crippen LogP contribution in [-0.2, 0) is 11.3 Å². The summed E-state index contributed by atoms with van der Waals surface area (Å²) in [4.78, 5) is 40.1. The Morgan fingerprint density at radius 1 is 1.18 bits per heavy atom. The molecule has 3 aromatic rings. The van der Waals surface area contributed by atoms with Gasteiger partial charge >= 0.3 is 4.87 Å². The molecule has 0 atom stereocenters. The first-order valence-corrected chi connectivity index (χ1v) is 9.29. The Hall–Kier alpha value is -3.33. The molecule has 0 aliphatic carbocycles. The van der Waals surface area contributed by atoms with E-state index in [0.29, 0.717) is 0 Å². The quantitative estimate of drug-likeness (QED) is 0.665. The summed E-state index contributed by atoms with van der Waals surface area (Å²) in [5, 5.41) is 6.91. The summed E-state index contributed by atoms with van der Waals surface area (Å²) in [6, 6.07) is 8.55. The predicted octanol–water partition coefficient (Wildman–Crippen LogP) is 3.03. The number of nitrogens with zero attached hydrogens (tertiary/aromatic N) is 2. The van der Waals surface area contributed by atoms with Crippen LogP contribution in [0.1, 0.15) is 22.6 Å². The van der Waals surface area contributed by atoms with E-state index in [0.717, 1.165) is 23.1 Å². The Morgan fingerprint density at radius 3 is 2.68 bits per heavy atom. The smallest absolute Gasteiger partial charge is 0.307 e. The number of nitrogens with one attached hydrogen (secondary N) is 2. The molecule has 2 amide bonds. The number of thiazole rings is 1. The molecule has 0 saturated heterocycles. The number of rotatable bonds is 6. The van der Waals surface area contributed by atoms with E-state index < -0.39 is 17.6 Å². The minimum atomic E-state index is -0.559. The fourth-order valence-electron chi connectivity index (χ4n) is 2.51. The topological polar surface area (TPSA) is 93.1 Å². The van der Waals surface area contributed by atoms with Gasteiger partial charge < -0.3 is 15.2 Å². The molecule has 0 fully saturated rings. The van der Waals surface area contributed by atoms with Gasteiger partial charge in [0.25, 0.3) is 5.91 Å². The van der Waals surface area contributed by atoms with Crippen molar-refractivity contribution in [2.45, 2.75) is 19.9 Å². The van der Waals surface area contributed by atoms with Crippen molar-refractivity contribution in [2.24, 2.45) is 0 Å². The summed E-state index contributed by atoms with van der Waals surface area (Å²) >= 11 is 1.07. The van der Waals surface area contributed by atoms with Crippen LogP contribution in [-0.4, -0.2) is 21.4 Å². The summed E-state index contributed by atoms with van der Waals surface area (Å²) in [5.74, 6) is -1.45. The first-order valence-electron chi connectivity index (χ1n) is 8.41. The van der Waals surface area contributed by atoms with Crippen molar-refractivity contribution in [3.05, 3.63) is 74.8 Å². The zero-order chi connectivity index (χ0) is 20.1. The minimum absolute atomic E-state index is 0.0294. The Morgan fingerprint density at radius 2 is 2.00 bits per heavy atom. The number of aryl methyl sites for hydroxylation is 1. The molecule has 0 saturated carbocycles. The molecule has 0 aliphatic heterocycles. The van der Waals surface area contributed by atoms with Crippen molar-refractivity contribution in [3.8, 4) is 0 Å². The Kier molecular flexibility index (Phi) is 5.95. The fraction of sp³-hybridized carbons (Fsp3) is 0.158. The molecule has 2 aromatic heterocycles. The van der Waals surface area contributed by atoms with Crippen molar-refractivity contribution in [2.75, 3.05) is 10.6 Å². The fourth-order valence-corrected chi connectivity index (χ4v) is 3.27. The lowest BCUT2D eigenvalue weighted by atomic mass is 10.2. The van der Waals surface area contributed by atoms with Crippen LogP contribution in [0.15, 0.2) is 52.8 Å². The molecule has 0 aliphatic rings. The molecule has 9 heteroatoms. The van der Waals surface area contributed by atoms with Crippen molar-refractivity contribution >= 4 is 34.5 Å². The molecule has 7 nitrogen and oxygen atoms in total. The molecule has 2 heterocycles. The lowest BCUT2D eigenvalue weighted by Crippen LogP contribution is -2.21. The second kappa shape index (κ2) is 8.57. The normalized spacial score (nSPS) is 10.5. The van der Waals surface area contributed by atoms with Gasteiger partial charge in [-0.25, -0.2) is 4.39 Å². The van der Waals surface area contributed by atoms with Crippen LogP contribution in [0.25, 0.3) is 0 Å². The van der Waals surface area contributed by atoms with Gasteiger partial charge in [0.05, 0.1) is 11.4 Å². The van der Waals surface area contributed by atoms with E-state index in [2.05, 4.69) is 15.6 Å². The summed E-state index contributed by atoms with van der Waals surface area (Å²) < 4.78 is 15.2. The standard InChI is InChI=1S/C19H17FN4O3S/c1-12-11-28-19(27)24(12)9-7-17(25)22-16-10-13(20)5-6-14(16)23-18(26)15-4-2-3-8-21-15/h2-6,8,10-11H,7,9H2,1H3,(H,22,25)(H,23,26). The number of pyridine rings is 1. The average molecular weight is 400 g/mol. The number of anilines is 2. The van der Waals surface area contributed by atoms with Gasteiger partial charge in [-0.05, 0) is 37.3 Å². The molecule has 0 bridgehead atoms. The SMILES string of the molecule is Cc1csc(=O)n1CCC(=O)Nc1cc(F)ccc1NC(=O)c1ccccn1. The first kappa shape index (κ1) is 19.4. The molecule has 3 rings (SSSR count). The second-order valence-electron chi connectivity index (χ2n) is 5.95. The van der Waals surface area contributed by atoms with Gasteiger partial charge in [-0.2, -0.15) is 0 Å². The third-order valence-electron chi connectivity index (χ3n) is 3.94. The maximum absolute atomic E-state index is 13.7. The molecular formula is C19H17FN4O3S. The molecule has 28 heavy (non-hydrogen) atoms. The van der Waals surface area contributed by atoms with Gasteiger partial charge in [0.15, 0.2) is 0 Å². The highest BCUT2D eigenvalue weighted by molar-refractivity contribution is 7.07. The van der Waals surface area contributed by atoms with E-state index in [1.807, 2.05) is 0 Å². The van der Waals surface area contributed by atoms with Crippen LogP contribution in [0.2, 0.25) is 0 Å². The number of benzene rings is 1. The number of carbonyl (C=O) groups is 2. The largest absolute Gasteiger partial charge is 0.324 e. The van der Waals surface area contributed by atoms with Crippen LogP contribution in [0.5, 0.6) is 0 Å². The predicted molar refractivity (Wildman–Crippen MR) is 105 cm³/mol. The Bertz CT molecular complexity index is 1060. The number of hydrogen-bond donors (Lipinski definition) is 2. The lowest BCUT2D eigenvalue weighted by molar-refractivity contribution is -0.116. The van der Waals surface area contributed by atoms with Crippen molar-refractivity contribution in [1.82, 2.24) is 9.55 Å². The van der Waals surface area contributed by atoms with Gasteiger partial charge in [-0.3, -0.25) is 19.4 Å². The van der Waals surface area contributed by atoms with Crippen LogP contribution < -0.4 is 15.5 Å². The Balaban J connectivity index is 1.71. The molecule has 144 valence electrons. The van der Waals surface area contributed by atoms with E-state index in [4.69, 9.17) is 0 Å². The summed E-state index contributed by atoms with van der Waals surface area (Å²) in [5.41, 5.74) is 1.34. The van der Waals surface area contributed by atoms with Gasteiger partial charge in [0, 0.05) is 30.2 Å². The second-order valence-corrected chi connectivity index (χ2v) is 6.77. The molecule has 0 radical (unpaired) electrons. The third kappa shape index (κ3) is 4.68. The van der Waals surface area contributed by atoms with Gasteiger partial charge in [-0.15, -0.1) is 0 Å². The van der Waals surface area contributed by atoms with E-state index in [1.54, 1.807) is 24.4 Å². The van der Waals surface area contributed by atoms with Crippen LogP contribution in [0.4, 0.5) is 15.8 Å². The van der Waals surface area contributed by atoms with E-state index in [-0.39, 0.29) is 34.9 Å². The molecule has 0 spiro atoms. The number of carbonyl (C=O) groups excluding carboxylic acids is 2. The number of hydrogen-bond acceptors (Lipinski definition) is 5. The Labute approximate surface area is 163 Å². The monoisotopic (exact) mass is 400 g/mol. The highest BCUT2D eigenvalue weighted by atomic mass is 32.1. The van der Waals surface area contributed by atoms with Crippen LogP contribution >= 0.6 is 11.3 Å². The summed E-state index contributed by atoms with van der Waals surface area (Å²) in [6.45, 7) is 2.00. The van der Waals surface area contributed by atoms with E-state index in [9.17, 15) is 18.8 Å². The molecule has 1 aromatic carbocycles. The summed E-state index contributed by atoms with van der Waals surface area (Å²) in [7, 11) is 0. The van der Waals surface area contributed by atoms with Crippen molar-refractivity contribution in [1.29, 1.82) is 0 Å². The zero-order valence-electron chi connectivity index (χ0n) is 14.9. The molecule has 2 N–H and O–H groups in total. The van der Waals surface area contributed by atoms with Crippen molar-refractivity contribution in [3.63, 3.8) is 0 Å². The average Bonchev–Trinajstić information content (AvgIpc) is 3.00. The first-order chi connectivity index (χ1) is 13.4. The van der Waals surface area contributed by atoms with Crippen molar-refractivity contribution < 1.29 is 14.0 Å². The minimum Gasteiger partial charge on any atom is -0.324 e. The zero-order valence-corrected chi connectivity index (χ0v) is 15.8. The number of aromatic nitrogens is 2. The lowest BCUT2D eigenvalue weighted by Gasteiger charge is -2.13.